The summed E-state index contributed by atoms with van der Waals surface area (Å²) in [6, 6.07) is 6.39. The van der Waals surface area contributed by atoms with Crippen molar-refractivity contribution in [3.63, 3.8) is 0 Å². The molecule has 19 heavy (non-hydrogen) atoms. The first-order chi connectivity index (χ1) is 9.19. The first kappa shape index (κ1) is 16.3. The minimum atomic E-state index is 0.140. The van der Waals surface area contributed by atoms with Gasteiger partial charge in [-0.1, -0.05) is 37.6 Å². The summed E-state index contributed by atoms with van der Waals surface area (Å²) in [5.74, 6) is 0. The molecule has 0 heterocycles. The summed E-state index contributed by atoms with van der Waals surface area (Å²) in [4.78, 5) is 2.25. The Labute approximate surface area is 121 Å². The number of hydrogen-bond donors (Lipinski definition) is 2. The molecule has 0 atom stereocenters. The second-order valence-electron chi connectivity index (χ2n) is 4.67. The molecule has 0 spiro atoms. The summed E-state index contributed by atoms with van der Waals surface area (Å²) < 4.78 is 0. The van der Waals surface area contributed by atoms with Gasteiger partial charge in [-0.25, -0.2) is 0 Å². The van der Waals surface area contributed by atoms with Crippen LogP contribution in [0.5, 0.6) is 0 Å². The monoisotopic (exact) mass is 284 g/mol. The third-order valence-electron chi connectivity index (χ3n) is 3.45. The predicted molar refractivity (Wildman–Crippen MR) is 83.0 cm³/mol. The summed E-state index contributed by atoms with van der Waals surface area (Å²) in [6.45, 7) is 5.88. The second-order valence-corrected chi connectivity index (χ2v) is 5.07. The lowest BCUT2D eigenvalue weighted by Crippen LogP contribution is -2.38. The fourth-order valence-corrected chi connectivity index (χ4v) is 2.83. The second kappa shape index (κ2) is 8.41. The maximum atomic E-state index is 9.35. The van der Waals surface area contributed by atoms with E-state index in [1.165, 1.54) is 5.56 Å². The Morgan fingerprint density at radius 3 is 2.53 bits per heavy atom. The normalized spacial score (nSPS) is 11.1. The molecule has 0 saturated carbocycles. The van der Waals surface area contributed by atoms with Gasteiger partial charge in [-0.3, -0.25) is 0 Å². The topological polar surface area (TPSA) is 35.5 Å². The number of nitrogens with one attached hydrogen (secondary N) is 1. The van der Waals surface area contributed by atoms with Gasteiger partial charge in [0.15, 0.2) is 0 Å². The number of halogens is 1. The van der Waals surface area contributed by atoms with E-state index in [4.69, 9.17) is 11.6 Å². The fourth-order valence-electron chi connectivity index (χ4n) is 2.53. The van der Waals surface area contributed by atoms with Gasteiger partial charge in [0.25, 0.3) is 0 Å². The zero-order chi connectivity index (χ0) is 14.3. The quantitative estimate of drug-likeness (QED) is 0.770. The minimum absolute atomic E-state index is 0.140. The maximum absolute atomic E-state index is 9.35. The number of benzene rings is 1. The summed E-state index contributed by atoms with van der Waals surface area (Å²) in [5.41, 5.74) is 2.23. The van der Waals surface area contributed by atoms with Crippen molar-refractivity contribution < 1.29 is 5.11 Å². The van der Waals surface area contributed by atoms with E-state index in [1.807, 2.05) is 19.2 Å². The van der Waals surface area contributed by atoms with Gasteiger partial charge in [-0.2, -0.15) is 0 Å². The van der Waals surface area contributed by atoms with Crippen molar-refractivity contribution in [2.45, 2.75) is 39.3 Å². The van der Waals surface area contributed by atoms with Crippen LogP contribution in [0.15, 0.2) is 18.2 Å². The van der Waals surface area contributed by atoms with Gasteiger partial charge < -0.3 is 15.3 Å². The number of aliphatic hydroxyl groups excluding tert-OH is 1. The van der Waals surface area contributed by atoms with Crippen LogP contribution in [0, 0.1) is 0 Å². The van der Waals surface area contributed by atoms with E-state index in [1.54, 1.807) is 0 Å². The smallest absolute Gasteiger partial charge is 0.0643 e. The van der Waals surface area contributed by atoms with E-state index >= 15 is 0 Å². The van der Waals surface area contributed by atoms with E-state index in [9.17, 15) is 5.11 Å². The summed E-state index contributed by atoms with van der Waals surface area (Å²) >= 11 is 6.40. The number of nitrogens with zero attached hydrogens (tertiary/aromatic N) is 1. The van der Waals surface area contributed by atoms with Gasteiger partial charge in [0, 0.05) is 19.1 Å². The Kier molecular flexibility index (Phi) is 7.21. The summed E-state index contributed by atoms with van der Waals surface area (Å²) in [7, 11) is 1.93. The molecule has 1 aromatic rings. The largest absolute Gasteiger partial charge is 0.395 e. The van der Waals surface area contributed by atoms with Crippen molar-refractivity contribution in [1.82, 2.24) is 5.32 Å². The molecule has 1 aromatic carbocycles. The molecule has 0 aliphatic rings. The number of aliphatic hydroxyl groups is 1. The average Bonchev–Trinajstić information content (AvgIpc) is 2.40. The van der Waals surface area contributed by atoms with Gasteiger partial charge in [0.1, 0.15) is 0 Å². The molecule has 0 radical (unpaired) electrons. The van der Waals surface area contributed by atoms with Crippen LogP contribution in [-0.4, -0.2) is 31.3 Å². The predicted octanol–water partition coefficient (Wildman–Crippen LogP) is 3.05. The lowest BCUT2D eigenvalue weighted by atomic mass is 10.1. The van der Waals surface area contributed by atoms with Crippen LogP contribution in [0.25, 0.3) is 0 Å². The third kappa shape index (κ3) is 4.10. The Morgan fingerprint density at radius 2 is 2.00 bits per heavy atom. The van der Waals surface area contributed by atoms with Crippen molar-refractivity contribution in [2.75, 3.05) is 25.1 Å². The Balaban J connectivity index is 3.19. The summed E-state index contributed by atoms with van der Waals surface area (Å²) in [5, 5.41) is 13.3. The molecule has 0 bridgehead atoms. The third-order valence-corrected chi connectivity index (χ3v) is 3.75. The van der Waals surface area contributed by atoms with Crippen LogP contribution in [0.2, 0.25) is 5.02 Å². The first-order valence-electron chi connectivity index (χ1n) is 6.99. The van der Waals surface area contributed by atoms with E-state index in [0.717, 1.165) is 30.1 Å². The van der Waals surface area contributed by atoms with Crippen molar-refractivity contribution in [3.8, 4) is 0 Å². The zero-order valence-electron chi connectivity index (χ0n) is 12.1. The van der Waals surface area contributed by atoms with Crippen molar-refractivity contribution in [1.29, 1.82) is 0 Å². The van der Waals surface area contributed by atoms with Gasteiger partial charge in [0.2, 0.25) is 0 Å². The molecule has 0 aliphatic heterocycles. The average molecular weight is 285 g/mol. The molecule has 3 nitrogen and oxygen atoms in total. The highest BCUT2D eigenvalue weighted by Crippen LogP contribution is 2.32. The highest BCUT2D eigenvalue weighted by molar-refractivity contribution is 6.33. The van der Waals surface area contributed by atoms with Crippen LogP contribution < -0.4 is 10.2 Å². The zero-order valence-corrected chi connectivity index (χ0v) is 12.9. The summed E-state index contributed by atoms with van der Waals surface area (Å²) in [6.07, 6.45) is 2.08. The Morgan fingerprint density at radius 1 is 1.32 bits per heavy atom. The van der Waals surface area contributed by atoms with Crippen molar-refractivity contribution >= 4 is 17.3 Å². The molecular formula is C15H25ClN2O. The van der Waals surface area contributed by atoms with E-state index < -0.39 is 0 Å². The molecule has 2 N–H and O–H groups in total. The maximum Gasteiger partial charge on any atom is 0.0643 e. The van der Waals surface area contributed by atoms with E-state index in [2.05, 4.69) is 30.1 Å². The van der Waals surface area contributed by atoms with Crippen molar-refractivity contribution in [2.24, 2.45) is 0 Å². The first-order valence-corrected chi connectivity index (χ1v) is 7.36. The molecule has 0 fully saturated rings. The van der Waals surface area contributed by atoms with Gasteiger partial charge in [-0.15, -0.1) is 0 Å². The highest BCUT2D eigenvalue weighted by atomic mass is 35.5. The van der Waals surface area contributed by atoms with E-state index in [0.29, 0.717) is 12.6 Å². The molecule has 0 aliphatic carbocycles. The molecule has 4 heteroatoms. The SMILES string of the molecule is CCC(CC)N(CCO)c1c(Cl)cccc1CNC. The van der Waals surface area contributed by atoms with Gasteiger partial charge in [0.05, 0.1) is 17.3 Å². The highest BCUT2D eigenvalue weighted by Gasteiger charge is 2.20. The molecule has 0 saturated heterocycles. The molecule has 0 aromatic heterocycles. The van der Waals surface area contributed by atoms with Crippen LogP contribution in [-0.2, 0) is 6.54 Å². The van der Waals surface area contributed by atoms with Gasteiger partial charge in [-0.05, 0) is 31.5 Å². The lowest BCUT2D eigenvalue weighted by molar-refractivity contribution is 0.296. The lowest BCUT2D eigenvalue weighted by Gasteiger charge is -2.34. The minimum Gasteiger partial charge on any atom is -0.395 e. The van der Waals surface area contributed by atoms with Crippen LogP contribution in [0.3, 0.4) is 0 Å². The molecular weight excluding hydrogens is 260 g/mol. The van der Waals surface area contributed by atoms with Gasteiger partial charge >= 0.3 is 0 Å². The van der Waals surface area contributed by atoms with Crippen LogP contribution in [0.4, 0.5) is 5.69 Å². The molecule has 108 valence electrons. The van der Waals surface area contributed by atoms with E-state index in [-0.39, 0.29) is 6.61 Å². The standard InChI is InChI=1S/C15H25ClN2O/c1-4-13(5-2)18(9-10-19)15-12(11-17-3)7-6-8-14(15)16/h6-8,13,17,19H,4-5,9-11H2,1-3H3. The molecule has 0 unspecified atom stereocenters. The fraction of sp³-hybridized carbons (Fsp3) is 0.600. The van der Waals surface area contributed by atoms with Crippen LogP contribution in [0.1, 0.15) is 32.3 Å². The number of para-hydroxylation sites is 1. The Hall–Kier alpha value is -0.770. The number of rotatable bonds is 8. The van der Waals surface area contributed by atoms with Crippen LogP contribution >= 0.6 is 11.6 Å². The number of hydrogen-bond acceptors (Lipinski definition) is 3. The van der Waals surface area contributed by atoms with Crippen molar-refractivity contribution in [3.05, 3.63) is 28.8 Å². The number of anilines is 1. The Bertz CT molecular complexity index is 380. The molecule has 1 rings (SSSR count). The molecule has 0 amide bonds.